The third-order valence-electron chi connectivity index (χ3n) is 4.97. The number of hydrogen-bond acceptors (Lipinski definition) is 8. The second-order valence-electron chi connectivity index (χ2n) is 6.94. The molecule has 10 nitrogen and oxygen atoms in total. The molecule has 158 valence electrons. The van der Waals surface area contributed by atoms with Gasteiger partial charge in [0.1, 0.15) is 5.69 Å². The monoisotopic (exact) mass is 413 g/mol. The summed E-state index contributed by atoms with van der Waals surface area (Å²) in [5.74, 6) is -0.145. The van der Waals surface area contributed by atoms with Crippen molar-refractivity contribution in [1.82, 2.24) is 14.9 Å². The van der Waals surface area contributed by atoms with E-state index >= 15 is 0 Å². The maximum Gasteiger partial charge on any atom is 0.303 e. The Kier molecular flexibility index (Phi) is 5.59. The molecule has 0 unspecified atom stereocenters. The number of carbonyl (C=O) groups is 1. The summed E-state index contributed by atoms with van der Waals surface area (Å²) in [5.41, 5.74) is 5.00. The number of anilines is 1. The Hall–Kier alpha value is -3.69. The molecule has 1 N–H and O–H groups in total. The number of nitrogens with one attached hydrogen (secondary N) is 1. The minimum Gasteiger partial charge on any atom is -0.458 e. The summed E-state index contributed by atoms with van der Waals surface area (Å²) in [7, 11) is 3.47. The van der Waals surface area contributed by atoms with Gasteiger partial charge in [0, 0.05) is 43.9 Å². The van der Waals surface area contributed by atoms with Gasteiger partial charge in [-0.05, 0) is 32.4 Å². The number of benzene rings is 1. The quantitative estimate of drug-likeness (QED) is 0.368. The van der Waals surface area contributed by atoms with Crippen LogP contribution in [0.2, 0.25) is 0 Å². The van der Waals surface area contributed by atoms with Crippen molar-refractivity contribution in [3.05, 3.63) is 45.1 Å². The summed E-state index contributed by atoms with van der Waals surface area (Å²) in [6, 6.07) is 3.31. The number of nitro groups is 1. The molecule has 0 bridgehead atoms. The summed E-state index contributed by atoms with van der Waals surface area (Å²) >= 11 is 0. The number of aromatic nitrogens is 3. The smallest absolute Gasteiger partial charge is 0.303 e. The highest BCUT2D eigenvalue weighted by Crippen LogP contribution is 2.43. The number of hydrogen-bond donors (Lipinski definition) is 1. The lowest BCUT2D eigenvalue weighted by Gasteiger charge is -2.13. The van der Waals surface area contributed by atoms with Gasteiger partial charge in [-0.15, -0.1) is 0 Å². The average molecular weight is 413 g/mol. The van der Waals surface area contributed by atoms with Gasteiger partial charge in [0.05, 0.1) is 21.9 Å². The van der Waals surface area contributed by atoms with Crippen molar-refractivity contribution < 1.29 is 19.0 Å². The van der Waals surface area contributed by atoms with Crippen LogP contribution in [0.1, 0.15) is 29.8 Å². The number of carbonyl (C=O) groups excluding carboxylic acids is 1. The van der Waals surface area contributed by atoms with Crippen LogP contribution in [0.15, 0.2) is 16.7 Å². The summed E-state index contributed by atoms with van der Waals surface area (Å²) in [4.78, 5) is 22.7. The number of aryl methyl sites for hydroxylation is 3. The fraction of sp³-hybridized carbons (Fsp3) is 0.350. The first-order valence-corrected chi connectivity index (χ1v) is 9.25. The van der Waals surface area contributed by atoms with Crippen molar-refractivity contribution in [1.29, 1.82) is 0 Å². The van der Waals surface area contributed by atoms with Gasteiger partial charge in [-0.1, -0.05) is 5.16 Å². The van der Waals surface area contributed by atoms with E-state index in [0.29, 0.717) is 33.8 Å². The van der Waals surface area contributed by atoms with E-state index in [1.807, 2.05) is 27.0 Å². The normalized spacial score (nSPS) is 10.9. The fourth-order valence-corrected chi connectivity index (χ4v) is 3.59. The van der Waals surface area contributed by atoms with Gasteiger partial charge in [-0.3, -0.25) is 19.6 Å². The van der Waals surface area contributed by atoms with Gasteiger partial charge in [0.15, 0.2) is 12.4 Å². The van der Waals surface area contributed by atoms with E-state index in [1.54, 1.807) is 18.7 Å². The molecule has 2 heterocycles. The topological polar surface area (TPSA) is 125 Å². The molecule has 30 heavy (non-hydrogen) atoms. The molecular formula is C20H23N5O5. The van der Waals surface area contributed by atoms with Crippen molar-refractivity contribution in [3.63, 3.8) is 0 Å². The van der Waals surface area contributed by atoms with Crippen LogP contribution in [0.4, 0.5) is 11.4 Å². The first-order chi connectivity index (χ1) is 14.1. The molecule has 1 aromatic carbocycles. The van der Waals surface area contributed by atoms with Gasteiger partial charge < -0.3 is 14.6 Å². The van der Waals surface area contributed by atoms with Crippen LogP contribution in [0, 0.1) is 30.9 Å². The van der Waals surface area contributed by atoms with Crippen molar-refractivity contribution in [2.24, 2.45) is 7.05 Å². The lowest BCUT2D eigenvalue weighted by molar-refractivity contribution is -0.383. The molecule has 0 atom stereocenters. The minimum atomic E-state index is -0.464. The second-order valence-corrected chi connectivity index (χ2v) is 6.94. The molecule has 0 saturated heterocycles. The third-order valence-corrected chi connectivity index (χ3v) is 4.97. The van der Waals surface area contributed by atoms with Gasteiger partial charge in [-0.25, -0.2) is 0 Å². The zero-order valence-corrected chi connectivity index (χ0v) is 17.7. The highest BCUT2D eigenvalue weighted by Gasteiger charge is 2.26. The van der Waals surface area contributed by atoms with Crippen LogP contribution in [-0.2, 0) is 23.2 Å². The molecule has 0 saturated carbocycles. The fourth-order valence-electron chi connectivity index (χ4n) is 3.59. The van der Waals surface area contributed by atoms with Crippen LogP contribution < -0.4 is 5.32 Å². The Morgan fingerprint density at radius 1 is 1.27 bits per heavy atom. The number of ether oxygens (including phenoxy) is 1. The van der Waals surface area contributed by atoms with Crippen LogP contribution >= 0.6 is 0 Å². The van der Waals surface area contributed by atoms with E-state index in [0.717, 1.165) is 17.0 Å². The average Bonchev–Trinajstić information content (AvgIpc) is 3.17. The Morgan fingerprint density at radius 3 is 2.50 bits per heavy atom. The maximum atomic E-state index is 11.9. The molecule has 0 aliphatic rings. The zero-order chi connectivity index (χ0) is 22.2. The van der Waals surface area contributed by atoms with E-state index in [-0.39, 0.29) is 12.3 Å². The van der Waals surface area contributed by atoms with Crippen molar-refractivity contribution in [2.75, 3.05) is 12.4 Å². The Balaban J connectivity index is 2.31. The van der Waals surface area contributed by atoms with E-state index in [9.17, 15) is 14.9 Å². The van der Waals surface area contributed by atoms with Crippen molar-refractivity contribution in [3.8, 4) is 22.3 Å². The molecule has 10 heteroatoms. The summed E-state index contributed by atoms with van der Waals surface area (Å²) in [6.07, 6.45) is 0. The first kappa shape index (κ1) is 21.0. The third kappa shape index (κ3) is 3.63. The molecule has 0 aliphatic carbocycles. The predicted molar refractivity (Wildman–Crippen MR) is 110 cm³/mol. The molecular weight excluding hydrogens is 390 g/mol. The molecule has 0 amide bonds. The lowest BCUT2D eigenvalue weighted by Crippen LogP contribution is -2.02. The second kappa shape index (κ2) is 7.97. The summed E-state index contributed by atoms with van der Waals surface area (Å²) in [6.45, 7) is 6.67. The standard InChI is InChI=1S/C20H23N5O5/c1-10-18(12(3)24(6)22-10)15-7-14(8-16(25(27)28)20(15)21-5)19-11(2)23-30-17(19)9-29-13(4)26/h7-8,21H,9H2,1-6H3. The Morgan fingerprint density at radius 2 is 1.97 bits per heavy atom. The maximum absolute atomic E-state index is 11.9. The van der Waals surface area contributed by atoms with Gasteiger partial charge in [0.2, 0.25) is 0 Å². The SMILES string of the molecule is CNc1c(-c2c(C)nn(C)c2C)cc(-c2c(C)noc2COC(C)=O)cc1[N+](=O)[O-]. The molecule has 2 aromatic heterocycles. The molecule has 0 radical (unpaired) electrons. The van der Waals surface area contributed by atoms with Crippen molar-refractivity contribution >= 4 is 17.3 Å². The number of rotatable bonds is 6. The summed E-state index contributed by atoms with van der Waals surface area (Å²) in [5, 5.41) is 23.3. The molecule has 3 aromatic rings. The van der Waals surface area contributed by atoms with Gasteiger partial charge in [-0.2, -0.15) is 5.10 Å². The van der Waals surface area contributed by atoms with E-state index < -0.39 is 10.9 Å². The zero-order valence-electron chi connectivity index (χ0n) is 17.7. The van der Waals surface area contributed by atoms with Gasteiger partial charge in [0.25, 0.3) is 5.69 Å². The van der Waals surface area contributed by atoms with Gasteiger partial charge >= 0.3 is 5.97 Å². The van der Waals surface area contributed by atoms with E-state index in [4.69, 9.17) is 9.26 Å². The minimum absolute atomic E-state index is 0.0910. The Labute approximate surface area is 173 Å². The predicted octanol–water partition coefficient (Wildman–Crippen LogP) is 3.68. The highest BCUT2D eigenvalue weighted by atomic mass is 16.6. The largest absolute Gasteiger partial charge is 0.458 e. The number of esters is 1. The van der Waals surface area contributed by atoms with E-state index in [2.05, 4.69) is 15.6 Å². The summed E-state index contributed by atoms with van der Waals surface area (Å²) < 4.78 is 12.1. The Bertz CT molecular complexity index is 1150. The molecule has 3 rings (SSSR count). The van der Waals surface area contributed by atoms with Crippen molar-refractivity contribution in [2.45, 2.75) is 34.3 Å². The van der Waals surface area contributed by atoms with Crippen LogP contribution in [0.5, 0.6) is 0 Å². The highest BCUT2D eigenvalue weighted by molar-refractivity contribution is 5.91. The van der Waals surface area contributed by atoms with E-state index in [1.165, 1.54) is 13.0 Å². The number of nitrogens with zero attached hydrogens (tertiary/aromatic N) is 4. The first-order valence-electron chi connectivity index (χ1n) is 9.25. The van der Waals surface area contributed by atoms with Crippen LogP contribution in [-0.4, -0.2) is 32.9 Å². The number of nitro benzene ring substituents is 1. The molecule has 0 spiro atoms. The molecule has 0 aliphatic heterocycles. The molecule has 0 fully saturated rings. The lowest BCUT2D eigenvalue weighted by atomic mass is 9.94. The van der Waals surface area contributed by atoms with Crippen LogP contribution in [0.3, 0.4) is 0 Å². The van der Waals surface area contributed by atoms with Crippen LogP contribution in [0.25, 0.3) is 22.3 Å².